The van der Waals surface area contributed by atoms with E-state index in [1.807, 2.05) is 12.1 Å². The Kier molecular flexibility index (Phi) is 3.60. The van der Waals surface area contributed by atoms with Crippen molar-refractivity contribution in [3.05, 3.63) is 28.4 Å². The van der Waals surface area contributed by atoms with Gasteiger partial charge >= 0.3 is 0 Å². The molecule has 0 aliphatic rings. The largest absolute Gasteiger partial charge is 0.495 e. The van der Waals surface area contributed by atoms with E-state index in [1.54, 1.807) is 7.11 Å². The molecule has 0 saturated heterocycles. The molecule has 0 radical (unpaired) electrons. The topological polar surface area (TPSA) is 51.0 Å². The lowest BCUT2D eigenvalue weighted by Crippen LogP contribution is -2.01. The fourth-order valence-electron chi connectivity index (χ4n) is 2.07. The first-order valence-electron chi connectivity index (χ1n) is 5.72. The number of rotatable bonds is 4. The molecule has 0 aliphatic carbocycles. The molecule has 0 spiro atoms. The van der Waals surface area contributed by atoms with Gasteiger partial charge in [-0.15, -0.1) is 0 Å². The van der Waals surface area contributed by atoms with Gasteiger partial charge in [0.25, 0.3) is 0 Å². The zero-order valence-electron chi connectivity index (χ0n) is 10.1. The minimum Gasteiger partial charge on any atom is -0.495 e. The summed E-state index contributed by atoms with van der Waals surface area (Å²) >= 11 is 6.10. The summed E-state index contributed by atoms with van der Waals surface area (Å²) in [7, 11) is 1.63. The number of halogens is 1. The van der Waals surface area contributed by atoms with E-state index in [9.17, 15) is 0 Å². The van der Waals surface area contributed by atoms with Crippen LogP contribution in [0.4, 0.5) is 0 Å². The third-order valence-corrected chi connectivity index (χ3v) is 3.36. The molecule has 2 rings (SSSR count). The van der Waals surface area contributed by atoms with Crippen LogP contribution in [0, 0.1) is 6.92 Å². The Morgan fingerprint density at radius 3 is 2.82 bits per heavy atom. The molecule has 0 atom stereocenters. The first-order valence-corrected chi connectivity index (χ1v) is 6.10. The fraction of sp³-hybridized carbons (Fsp3) is 0.385. The number of hydrogen-bond acceptors (Lipinski definition) is 2. The molecule has 3 nitrogen and oxygen atoms in total. The molecular weight excluding hydrogens is 236 g/mol. The van der Waals surface area contributed by atoms with Crippen molar-refractivity contribution in [2.75, 3.05) is 13.7 Å². The van der Waals surface area contributed by atoms with Crippen LogP contribution in [0.2, 0.25) is 5.02 Å². The molecule has 0 unspecified atom stereocenters. The number of aromatic amines is 1. The smallest absolute Gasteiger partial charge is 0.138 e. The van der Waals surface area contributed by atoms with Gasteiger partial charge in [0, 0.05) is 16.6 Å². The van der Waals surface area contributed by atoms with Crippen molar-refractivity contribution in [1.29, 1.82) is 0 Å². The van der Waals surface area contributed by atoms with Gasteiger partial charge in [-0.05, 0) is 44.0 Å². The number of benzene rings is 1. The third kappa shape index (κ3) is 2.26. The monoisotopic (exact) mass is 252 g/mol. The molecule has 0 saturated carbocycles. The molecule has 0 fully saturated rings. The third-order valence-electron chi connectivity index (χ3n) is 3.07. The highest BCUT2D eigenvalue weighted by molar-refractivity contribution is 6.32. The van der Waals surface area contributed by atoms with Crippen molar-refractivity contribution >= 4 is 22.5 Å². The zero-order valence-corrected chi connectivity index (χ0v) is 10.9. The van der Waals surface area contributed by atoms with E-state index in [4.69, 9.17) is 22.1 Å². The maximum atomic E-state index is 6.10. The quantitative estimate of drug-likeness (QED) is 0.879. The van der Waals surface area contributed by atoms with Gasteiger partial charge in [-0.3, -0.25) is 0 Å². The van der Waals surface area contributed by atoms with Crippen molar-refractivity contribution in [2.24, 2.45) is 5.73 Å². The van der Waals surface area contributed by atoms with Crippen LogP contribution in [0.1, 0.15) is 17.7 Å². The highest BCUT2D eigenvalue weighted by atomic mass is 35.5. The van der Waals surface area contributed by atoms with Gasteiger partial charge in [0.15, 0.2) is 0 Å². The minimum absolute atomic E-state index is 0.631. The minimum atomic E-state index is 0.631. The molecular formula is C13H17ClN2O. The van der Waals surface area contributed by atoms with E-state index < -0.39 is 0 Å². The second kappa shape index (κ2) is 4.98. The molecule has 1 aromatic carbocycles. The Balaban J connectivity index is 2.50. The molecule has 2 aromatic rings. The predicted octanol–water partition coefficient (Wildman–Crippen LogP) is 3.03. The second-order valence-electron chi connectivity index (χ2n) is 4.15. The summed E-state index contributed by atoms with van der Waals surface area (Å²) < 4.78 is 5.23. The maximum Gasteiger partial charge on any atom is 0.138 e. The van der Waals surface area contributed by atoms with Crippen molar-refractivity contribution < 1.29 is 4.74 Å². The summed E-state index contributed by atoms with van der Waals surface area (Å²) in [4.78, 5) is 3.40. The van der Waals surface area contributed by atoms with Gasteiger partial charge in [0.2, 0.25) is 0 Å². The standard InChI is InChI=1S/C13H17ClN2O/c1-8-9-6-13(17-2)10(14)7-12(9)16-11(8)4-3-5-15/h6-7,16H,3-5,15H2,1-2H3. The maximum absolute atomic E-state index is 6.10. The number of hydrogen-bond donors (Lipinski definition) is 2. The van der Waals surface area contributed by atoms with E-state index >= 15 is 0 Å². The van der Waals surface area contributed by atoms with Gasteiger partial charge in [-0.1, -0.05) is 11.6 Å². The van der Waals surface area contributed by atoms with Crippen molar-refractivity contribution in [3.8, 4) is 5.75 Å². The normalized spacial score (nSPS) is 11.1. The second-order valence-corrected chi connectivity index (χ2v) is 4.56. The van der Waals surface area contributed by atoms with Crippen molar-refractivity contribution in [3.63, 3.8) is 0 Å². The lowest BCUT2D eigenvalue weighted by molar-refractivity contribution is 0.415. The number of methoxy groups -OCH3 is 1. The number of ether oxygens (including phenoxy) is 1. The molecule has 1 aromatic heterocycles. The van der Waals surface area contributed by atoms with Crippen LogP contribution in [-0.2, 0) is 6.42 Å². The Morgan fingerprint density at radius 1 is 1.41 bits per heavy atom. The summed E-state index contributed by atoms with van der Waals surface area (Å²) in [6.45, 7) is 2.82. The van der Waals surface area contributed by atoms with Crippen LogP contribution in [0.3, 0.4) is 0 Å². The SMILES string of the molecule is COc1cc2c(C)c(CCCN)[nH]c2cc1Cl. The van der Waals surface area contributed by atoms with Crippen LogP contribution >= 0.6 is 11.6 Å². The molecule has 92 valence electrons. The van der Waals surface area contributed by atoms with Crippen LogP contribution < -0.4 is 10.5 Å². The van der Waals surface area contributed by atoms with E-state index in [0.717, 1.165) is 18.4 Å². The van der Waals surface area contributed by atoms with Gasteiger partial charge in [-0.2, -0.15) is 0 Å². The summed E-state index contributed by atoms with van der Waals surface area (Å²) in [5.74, 6) is 0.714. The Morgan fingerprint density at radius 2 is 2.18 bits per heavy atom. The first kappa shape index (κ1) is 12.3. The van der Waals surface area contributed by atoms with Gasteiger partial charge in [0.05, 0.1) is 12.1 Å². The van der Waals surface area contributed by atoms with Gasteiger partial charge in [-0.25, -0.2) is 0 Å². The Labute approximate surface area is 106 Å². The highest BCUT2D eigenvalue weighted by Crippen LogP contribution is 2.32. The van der Waals surface area contributed by atoms with E-state index in [1.165, 1.54) is 16.6 Å². The lowest BCUT2D eigenvalue weighted by Gasteiger charge is -2.02. The molecule has 0 aliphatic heterocycles. The average Bonchev–Trinajstić information content (AvgIpc) is 2.62. The molecule has 3 N–H and O–H groups in total. The first-order chi connectivity index (χ1) is 8.17. The van der Waals surface area contributed by atoms with Crippen LogP contribution in [0.15, 0.2) is 12.1 Å². The molecule has 0 bridgehead atoms. The Bertz CT molecular complexity index is 534. The number of nitrogens with two attached hydrogens (primary N) is 1. The van der Waals surface area contributed by atoms with Crippen molar-refractivity contribution in [1.82, 2.24) is 4.98 Å². The summed E-state index contributed by atoms with van der Waals surface area (Å²) in [5.41, 5.74) is 9.08. The molecule has 4 heteroatoms. The molecule has 1 heterocycles. The van der Waals surface area contributed by atoms with Crippen molar-refractivity contribution in [2.45, 2.75) is 19.8 Å². The predicted molar refractivity (Wildman–Crippen MR) is 72.0 cm³/mol. The summed E-state index contributed by atoms with van der Waals surface area (Å²) in [5, 5.41) is 1.80. The number of aromatic nitrogens is 1. The van der Waals surface area contributed by atoms with E-state index in [2.05, 4.69) is 11.9 Å². The summed E-state index contributed by atoms with van der Waals surface area (Å²) in [6, 6.07) is 3.89. The molecule has 0 amide bonds. The number of nitrogens with one attached hydrogen (secondary N) is 1. The zero-order chi connectivity index (χ0) is 12.4. The van der Waals surface area contributed by atoms with Crippen LogP contribution in [0.25, 0.3) is 10.9 Å². The van der Waals surface area contributed by atoms with Gasteiger partial charge in [0.1, 0.15) is 5.75 Å². The summed E-state index contributed by atoms with van der Waals surface area (Å²) in [6.07, 6.45) is 1.95. The van der Waals surface area contributed by atoms with Crippen LogP contribution in [-0.4, -0.2) is 18.6 Å². The van der Waals surface area contributed by atoms with Crippen LogP contribution in [0.5, 0.6) is 5.75 Å². The van der Waals surface area contributed by atoms with E-state index in [-0.39, 0.29) is 0 Å². The highest BCUT2D eigenvalue weighted by Gasteiger charge is 2.10. The van der Waals surface area contributed by atoms with Gasteiger partial charge < -0.3 is 15.5 Å². The number of fused-ring (bicyclic) bond motifs is 1. The lowest BCUT2D eigenvalue weighted by atomic mass is 10.1. The number of H-pyrrole nitrogens is 1. The average molecular weight is 253 g/mol. The number of aryl methyl sites for hydroxylation is 2. The van der Waals surface area contributed by atoms with E-state index in [0.29, 0.717) is 17.3 Å². The molecule has 17 heavy (non-hydrogen) atoms. The Hall–Kier alpha value is -1.19. The fourth-order valence-corrected chi connectivity index (χ4v) is 2.31.